The van der Waals surface area contributed by atoms with Gasteiger partial charge in [0.2, 0.25) is 0 Å². The normalized spacial score (nSPS) is 10.6. The van der Waals surface area contributed by atoms with Crippen LogP contribution in [0.2, 0.25) is 0 Å². The topological polar surface area (TPSA) is 65.8 Å². The van der Waals surface area contributed by atoms with Crippen molar-refractivity contribution >= 4 is 33.1 Å². The lowest BCUT2D eigenvalue weighted by Gasteiger charge is -2.10. The summed E-state index contributed by atoms with van der Waals surface area (Å²) in [5.41, 5.74) is 4.42. The standard InChI is InChI=1S/C23H17N3OS/c1-14-15(2)28-23(19(14)13-24)26-22(27)18-12-21(16-8-4-3-5-9-16)25-20-11-7-6-10-17(18)20/h3-12H,1-2H3,(H,26,27). The van der Waals surface area contributed by atoms with Gasteiger partial charge in [-0.25, -0.2) is 4.98 Å². The fraction of sp³-hybridized carbons (Fsp3) is 0.0870. The summed E-state index contributed by atoms with van der Waals surface area (Å²) in [6.45, 7) is 3.85. The number of nitrogens with one attached hydrogen (secondary N) is 1. The highest BCUT2D eigenvalue weighted by Crippen LogP contribution is 2.33. The molecule has 0 aliphatic rings. The first-order valence-electron chi connectivity index (χ1n) is 8.85. The Kier molecular flexibility index (Phi) is 4.64. The number of hydrogen-bond donors (Lipinski definition) is 1. The lowest BCUT2D eigenvalue weighted by atomic mass is 10.0. The Morgan fingerprint density at radius 3 is 2.54 bits per heavy atom. The van der Waals surface area contributed by atoms with E-state index in [1.54, 1.807) is 0 Å². The summed E-state index contributed by atoms with van der Waals surface area (Å²) in [7, 11) is 0. The van der Waals surface area contributed by atoms with Gasteiger partial charge in [-0.05, 0) is 31.5 Å². The third kappa shape index (κ3) is 3.15. The van der Waals surface area contributed by atoms with Crippen molar-refractivity contribution in [3.63, 3.8) is 0 Å². The summed E-state index contributed by atoms with van der Waals surface area (Å²) in [6.07, 6.45) is 0. The Balaban J connectivity index is 1.83. The molecule has 0 saturated carbocycles. The molecule has 0 atom stereocenters. The summed E-state index contributed by atoms with van der Waals surface area (Å²) in [5, 5.41) is 13.8. The van der Waals surface area contributed by atoms with E-state index >= 15 is 0 Å². The van der Waals surface area contributed by atoms with Gasteiger partial charge in [-0.3, -0.25) is 4.79 Å². The van der Waals surface area contributed by atoms with E-state index in [0.29, 0.717) is 16.1 Å². The number of hydrogen-bond acceptors (Lipinski definition) is 4. The largest absolute Gasteiger partial charge is 0.312 e. The molecule has 0 saturated heterocycles. The number of rotatable bonds is 3. The van der Waals surface area contributed by atoms with Crippen molar-refractivity contribution < 1.29 is 4.79 Å². The van der Waals surface area contributed by atoms with E-state index in [1.165, 1.54) is 11.3 Å². The molecular weight excluding hydrogens is 366 g/mol. The Morgan fingerprint density at radius 1 is 1.07 bits per heavy atom. The third-order valence-electron chi connectivity index (χ3n) is 4.75. The Morgan fingerprint density at radius 2 is 1.79 bits per heavy atom. The second-order valence-corrected chi connectivity index (χ2v) is 7.72. The highest BCUT2D eigenvalue weighted by Gasteiger charge is 2.18. The van der Waals surface area contributed by atoms with Gasteiger partial charge in [0, 0.05) is 15.8 Å². The van der Waals surface area contributed by atoms with Gasteiger partial charge in [0.25, 0.3) is 5.91 Å². The van der Waals surface area contributed by atoms with Gasteiger partial charge in [-0.1, -0.05) is 48.5 Å². The van der Waals surface area contributed by atoms with Crippen LogP contribution in [0.3, 0.4) is 0 Å². The zero-order chi connectivity index (χ0) is 19.7. The molecule has 136 valence electrons. The number of thiophene rings is 1. The number of para-hydroxylation sites is 1. The van der Waals surface area contributed by atoms with Crippen molar-refractivity contribution in [3.8, 4) is 17.3 Å². The molecule has 4 rings (SSSR count). The number of aryl methyl sites for hydroxylation is 1. The Hall–Kier alpha value is -3.49. The quantitative estimate of drug-likeness (QED) is 0.493. The van der Waals surface area contributed by atoms with Crippen LogP contribution in [0, 0.1) is 25.2 Å². The predicted molar refractivity (Wildman–Crippen MR) is 114 cm³/mol. The van der Waals surface area contributed by atoms with Crippen LogP contribution >= 0.6 is 11.3 Å². The average molecular weight is 383 g/mol. The lowest BCUT2D eigenvalue weighted by Crippen LogP contribution is -2.13. The highest BCUT2D eigenvalue weighted by atomic mass is 32.1. The average Bonchev–Trinajstić information content (AvgIpc) is 3.00. The Bertz CT molecular complexity index is 1240. The number of carbonyl (C=O) groups is 1. The van der Waals surface area contributed by atoms with Crippen molar-refractivity contribution in [2.45, 2.75) is 13.8 Å². The molecule has 0 aliphatic heterocycles. The van der Waals surface area contributed by atoms with Crippen molar-refractivity contribution in [1.82, 2.24) is 4.98 Å². The lowest BCUT2D eigenvalue weighted by molar-refractivity contribution is 0.102. The molecule has 1 amide bonds. The van der Waals surface area contributed by atoms with Gasteiger partial charge in [-0.15, -0.1) is 11.3 Å². The monoisotopic (exact) mass is 383 g/mol. The summed E-state index contributed by atoms with van der Waals surface area (Å²) in [6, 6.07) is 21.4. The molecule has 1 N–H and O–H groups in total. The summed E-state index contributed by atoms with van der Waals surface area (Å²) in [5.74, 6) is -0.242. The zero-order valence-electron chi connectivity index (χ0n) is 15.5. The molecule has 0 bridgehead atoms. The minimum atomic E-state index is -0.242. The number of carbonyl (C=O) groups excluding carboxylic acids is 1. The van der Waals surface area contributed by atoms with Crippen molar-refractivity contribution in [2.75, 3.05) is 5.32 Å². The van der Waals surface area contributed by atoms with Crippen LogP contribution in [0.25, 0.3) is 22.2 Å². The van der Waals surface area contributed by atoms with Crippen LogP contribution < -0.4 is 5.32 Å². The molecule has 2 aromatic heterocycles. The van der Waals surface area contributed by atoms with Crippen LogP contribution in [-0.4, -0.2) is 10.9 Å². The minimum absolute atomic E-state index is 0.242. The molecule has 4 aromatic rings. The molecule has 2 aromatic carbocycles. The van der Waals surface area contributed by atoms with E-state index in [2.05, 4.69) is 11.4 Å². The molecule has 0 spiro atoms. The molecular formula is C23H17N3OS. The number of nitrogens with zero attached hydrogens (tertiary/aromatic N) is 2. The van der Waals surface area contributed by atoms with Gasteiger partial charge in [-0.2, -0.15) is 5.26 Å². The maximum absolute atomic E-state index is 13.2. The van der Waals surface area contributed by atoms with E-state index in [0.717, 1.165) is 32.6 Å². The number of nitriles is 1. The first-order valence-corrected chi connectivity index (χ1v) is 9.67. The fourth-order valence-corrected chi connectivity index (χ4v) is 4.15. The first kappa shape index (κ1) is 17.9. The van der Waals surface area contributed by atoms with Crippen molar-refractivity contribution in [2.24, 2.45) is 0 Å². The number of fused-ring (bicyclic) bond motifs is 1. The van der Waals surface area contributed by atoms with Crippen LogP contribution in [0.1, 0.15) is 26.4 Å². The molecule has 0 unspecified atom stereocenters. The first-order chi connectivity index (χ1) is 13.6. The van der Waals surface area contributed by atoms with Crippen molar-refractivity contribution in [1.29, 1.82) is 5.26 Å². The van der Waals surface area contributed by atoms with Crippen LogP contribution in [-0.2, 0) is 0 Å². The fourth-order valence-electron chi connectivity index (χ4n) is 3.14. The van der Waals surface area contributed by atoms with Crippen molar-refractivity contribution in [3.05, 3.63) is 82.2 Å². The second-order valence-electron chi connectivity index (χ2n) is 6.49. The molecule has 0 fully saturated rings. The number of aromatic nitrogens is 1. The van der Waals surface area contributed by atoms with Gasteiger partial charge >= 0.3 is 0 Å². The van der Waals surface area contributed by atoms with Crippen LogP contribution in [0.4, 0.5) is 5.00 Å². The van der Waals surface area contributed by atoms with Gasteiger partial charge in [0.1, 0.15) is 11.1 Å². The minimum Gasteiger partial charge on any atom is -0.312 e. The van der Waals surface area contributed by atoms with Gasteiger partial charge < -0.3 is 5.32 Å². The molecule has 28 heavy (non-hydrogen) atoms. The molecule has 4 nitrogen and oxygen atoms in total. The Labute approximate surface area is 167 Å². The van der Waals surface area contributed by atoms with Crippen LogP contribution in [0.15, 0.2) is 60.7 Å². The molecule has 5 heteroatoms. The third-order valence-corrected chi connectivity index (χ3v) is 5.88. The van der Waals surface area contributed by atoms with E-state index in [-0.39, 0.29) is 5.91 Å². The maximum atomic E-state index is 13.2. The smallest absolute Gasteiger partial charge is 0.257 e. The molecule has 0 aliphatic carbocycles. The maximum Gasteiger partial charge on any atom is 0.257 e. The van der Waals surface area contributed by atoms with Gasteiger partial charge in [0.05, 0.1) is 22.3 Å². The molecule has 2 heterocycles. The summed E-state index contributed by atoms with van der Waals surface area (Å²) >= 11 is 1.42. The van der Waals surface area contributed by atoms with Gasteiger partial charge in [0.15, 0.2) is 0 Å². The van der Waals surface area contributed by atoms with E-state index in [9.17, 15) is 10.1 Å². The number of amides is 1. The van der Waals surface area contributed by atoms with Crippen LogP contribution in [0.5, 0.6) is 0 Å². The molecule has 0 radical (unpaired) electrons. The summed E-state index contributed by atoms with van der Waals surface area (Å²) in [4.78, 5) is 18.9. The second kappa shape index (κ2) is 7.26. The highest BCUT2D eigenvalue weighted by molar-refractivity contribution is 7.16. The van der Waals surface area contributed by atoms with E-state index in [1.807, 2.05) is 74.5 Å². The number of pyridine rings is 1. The number of benzene rings is 2. The summed E-state index contributed by atoms with van der Waals surface area (Å²) < 4.78 is 0. The predicted octanol–water partition coefficient (Wildman–Crippen LogP) is 5.70. The number of anilines is 1. The zero-order valence-corrected chi connectivity index (χ0v) is 16.3. The SMILES string of the molecule is Cc1sc(NC(=O)c2cc(-c3ccccc3)nc3ccccc23)c(C#N)c1C. The van der Waals surface area contributed by atoms with E-state index in [4.69, 9.17) is 4.98 Å². The van der Waals surface area contributed by atoms with E-state index < -0.39 is 0 Å².